The van der Waals surface area contributed by atoms with E-state index in [-0.39, 0.29) is 11.7 Å². The number of hydrogen-bond acceptors (Lipinski definition) is 4. The molecule has 2 aromatic carbocycles. The van der Waals surface area contributed by atoms with Gasteiger partial charge in [0.2, 0.25) is 0 Å². The summed E-state index contributed by atoms with van der Waals surface area (Å²) in [5.41, 5.74) is -0.535. The lowest BCUT2D eigenvalue weighted by atomic mass is 9.80. The van der Waals surface area contributed by atoms with Gasteiger partial charge in [-0.25, -0.2) is 22.4 Å². The van der Waals surface area contributed by atoms with Gasteiger partial charge in [0.1, 0.15) is 17.3 Å². The fraction of sp³-hybridized carbons (Fsp3) is 0.440. The quantitative estimate of drug-likeness (QED) is 0.142. The van der Waals surface area contributed by atoms with Crippen molar-refractivity contribution in [3.63, 3.8) is 0 Å². The van der Waals surface area contributed by atoms with Crippen molar-refractivity contribution in [1.82, 2.24) is 0 Å². The Morgan fingerprint density at radius 1 is 0.848 bits per heavy atom. The van der Waals surface area contributed by atoms with Crippen molar-refractivity contribution in [2.24, 2.45) is 11.8 Å². The third-order valence-electron chi connectivity index (χ3n) is 5.94. The molecule has 0 saturated heterocycles. The van der Waals surface area contributed by atoms with E-state index in [1.807, 2.05) is 0 Å². The zero-order chi connectivity index (χ0) is 24.0. The average Bonchev–Trinajstić information content (AvgIpc) is 2.78. The number of esters is 2. The maximum Gasteiger partial charge on any atom is 0.346 e. The van der Waals surface area contributed by atoms with Gasteiger partial charge in [-0.05, 0) is 43.7 Å². The highest BCUT2D eigenvalue weighted by Crippen LogP contribution is 2.33. The summed E-state index contributed by atoms with van der Waals surface area (Å²) in [4.78, 5) is 24.6. The molecule has 0 bridgehead atoms. The van der Waals surface area contributed by atoms with E-state index < -0.39 is 46.5 Å². The number of rotatable bonds is 8. The van der Waals surface area contributed by atoms with Crippen LogP contribution in [-0.2, 0) is 4.79 Å². The van der Waals surface area contributed by atoms with Crippen LogP contribution >= 0.6 is 0 Å². The topological polar surface area (TPSA) is 52.6 Å². The molecule has 3 rings (SSSR count). The molecule has 0 N–H and O–H groups in total. The van der Waals surface area contributed by atoms with Crippen LogP contribution in [-0.4, -0.2) is 11.9 Å². The highest BCUT2D eigenvalue weighted by Gasteiger charge is 2.28. The third kappa shape index (κ3) is 6.55. The minimum atomic E-state index is -1.71. The average molecular weight is 466 g/mol. The Labute approximate surface area is 189 Å². The van der Waals surface area contributed by atoms with E-state index in [1.54, 1.807) is 0 Å². The first-order valence-corrected chi connectivity index (χ1v) is 11.2. The minimum absolute atomic E-state index is 0.0574. The van der Waals surface area contributed by atoms with Crippen LogP contribution in [0.4, 0.5) is 17.6 Å². The number of carbonyl (C=O) groups excluding carboxylic acids is 2. The normalized spacial score (nSPS) is 18.1. The van der Waals surface area contributed by atoms with E-state index in [2.05, 4.69) is 6.92 Å². The molecule has 1 fully saturated rings. The Balaban J connectivity index is 1.56. The van der Waals surface area contributed by atoms with E-state index in [0.717, 1.165) is 37.8 Å². The summed E-state index contributed by atoms with van der Waals surface area (Å²) in [7, 11) is 0. The van der Waals surface area contributed by atoms with Crippen molar-refractivity contribution < 1.29 is 36.6 Å². The fourth-order valence-corrected chi connectivity index (χ4v) is 4.05. The number of unbranched alkanes of at least 4 members (excludes halogenated alkanes) is 2. The van der Waals surface area contributed by atoms with Crippen molar-refractivity contribution in [3.8, 4) is 11.5 Å². The molecule has 2 aromatic rings. The Bertz CT molecular complexity index is 977. The van der Waals surface area contributed by atoms with Crippen molar-refractivity contribution in [1.29, 1.82) is 0 Å². The second kappa shape index (κ2) is 11.3. The van der Waals surface area contributed by atoms with Crippen molar-refractivity contribution in [2.45, 2.75) is 58.3 Å². The molecule has 4 nitrogen and oxygen atoms in total. The van der Waals surface area contributed by atoms with Gasteiger partial charge in [-0.2, -0.15) is 0 Å². The lowest BCUT2D eigenvalue weighted by Gasteiger charge is -2.27. The van der Waals surface area contributed by atoms with Gasteiger partial charge in [0.25, 0.3) is 0 Å². The lowest BCUT2D eigenvalue weighted by Crippen LogP contribution is -2.25. The van der Waals surface area contributed by atoms with Gasteiger partial charge in [-0.1, -0.05) is 32.6 Å². The molecule has 0 unspecified atom stereocenters. The van der Waals surface area contributed by atoms with Crippen molar-refractivity contribution in [3.05, 3.63) is 59.2 Å². The summed E-state index contributed by atoms with van der Waals surface area (Å²) in [5, 5.41) is 0. The molecule has 0 aliphatic heterocycles. The van der Waals surface area contributed by atoms with Crippen molar-refractivity contribution in [2.75, 3.05) is 0 Å². The van der Waals surface area contributed by atoms with Gasteiger partial charge in [0.05, 0.1) is 11.5 Å². The maximum absolute atomic E-state index is 14.4. The van der Waals surface area contributed by atoms with Crippen LogP contribution in [0, 0.1) is 35.1 Å². The molecule has 0 amide bonds. The lowest BCUT2D eigenvalue weighted by molar-refractivity contribution is -0.140. The zero-order valence-corrected chi connectivity index (χ0v) is 18.3. The van der Waals surface area contributed by atoms with Crippen LogP contribution in [0.25, 0.3) is 0 Å². The monoisotopic (exact) mass is 466 g/mol. The Hall–Kier alpha value is -2.90. The van der Waals surface area contributed by atoms with E-state index in [9.17, 15) is 27.2 Å². The van der Waals surface area contributed by atoms with Crippen LogP contribution in [0.5, 0.6) is 11.5 Å². The van der Waals surface area contributed by atoms with Crippen molar-refractivity contribution >= 4 is 11.9 Å². The van der Waals surface area contributed by atoms with E-state index in [1.165, 1.54) is 31.7 Å². The molecule has 8 heteroatoms. The number of carbonyl (C=O) groups is 2. The van der Waals surface area contributed by atoms with Gasteiger partial charge in [-0.15, -0.1) is 0 Å². The molecule has 0 atom stereocenters. The van der Waals surface area contributed by atoms with Gasteiger partial charge in [-0.3, -0.25) is 4.79 Å². The molecule has 178 valence electrons. The molecule has 0 aromatic heterocycles. The zero-order valence-electron chi connectivity index (χ0n) is 18.3. The predicted molar refractivity (Wildman–Crippen MR) is 113 cm³/mol. The molecular weight excluding hydrogens is 440 g/mol. The largest absolute Gasteiger partial charge is 0.426 e. The number of ether oxygens (including phenoxy) is 2. The number of halogens is 4. The van der Waals surface area contributed by atoms with Gasteiger partial charge in [0, 0.05) is 18.2 Å². The van der Waals surface area contributed by atoms with Crippen LogP contribution in [0.2, 0.25) is 0 Å². The van der Waals surface area contributed by atoms with E-state index in [0.29, 0.717) is 18.1 Å². The standard InChI is InChI=1S/C25H26F4O4/c1-2-3-4-5-15-6-8-16(9-7-15)24(30)32-17-10-11-19(20(26)12-17)25(31)33-18-13-21(27)23(29)22(28)14-18/h10-16H,2-9H2,1H3. The third-order valence-corrected chi connectivity index (χ3v) is 5.94. The second-order valence-electron chi connectivity index (χ2n) is 8.37. The van der Waals surface area contributed by atoms with Gasteiger partial charge >= 0.3 is 11.9 Å². The van der Waals surface area contributed by atoms with E-state index in [4.69, 9.17) is 9.47 Å². The summed E-state index contributed by atoms with van der Waals surface area (Å²) in [6.45, 7) is 2.17. The predicted octanol–water partition coefficient (Wildman–Crippen LogP) is 6.75. The summed E-state index contributed by atoms with van der Waals surface area (Å²) < 4.78 is 64.0. The fourth-order valence-electron chi connectivity index (χ4n) is 4.05. The summed E-state index contributed by atoms with van der Waals surface area (Å²) in [6.07, 6.45) is 8.17. The van der Waals surface area contributed by atoms with Crippen LogP contribution < -0.4 is 9.47 Å². The summed E-state index contributed by atoms with van der Waals surface area (Å²) in [6, 6.07) is 4.10. The first-order chi connectivity index (χ1) is 15.8. The van der Waals surface area contributed by atoms with Crippen LogP contribution in [0.15, 0.2) is 30.3 Å². The maximum atomic E-state index is 14.4. The molecule has 0 radical (unpaired) electrons. The Morgan fingerprint density at radius 3 is 2.09 bits per heavy atom. The van der Waals surface area contributed by atoms with Crippen LogP contribution in [0.3, 0.4) is 0 Å². The number of hydrogen-bond donors (Lipinski definition) is 0. The Kier molecular flexibility index (Phi) is 8.47. The molecule has 0 spiro atoms. The second-order valence-corrected chi connectivity index (χ2v) is 8.37. The first kappa shape index (κ1) is 24.7. The first-order valence-electron chi connectivity index (χ1n) is 11.2. The highest BCUT2D eigenvalue weighted by atomic mass is 19.2. The molecule has 1 aliphatic rings. The Morgan fingerprint density at radius 2 is 1.48 bits per heavy atom. The molecule has 1 aliphatic carbocycles. The molecular formula is C25H26F4O4. The number of benzene rings is 2. The molecule has 1 saturated carbocycles. The summed E-state index contributed by atoms with van der Waals surface area (Å²) >= 11 is 0. The van der Waals surface area contributed by atoms with Crippen LogP contribution in [0.1, 0.15) is 68.6 Å². The smallest absolute Gasteiger partial charge is 0.346 e. The van der Waals surface area contributed by atoms with Gasteiger partial charge < -0.3 is 9.47 Å². The minimum Gasteiger partial charge on any atom is -0.426 e. The van der Waals surface area contributed by atoms with E-state index >= 15 is 0 Å². The van der Waals surface area contributed by atoms with Gasteiger partial charge in [0.15, 0.2) is 17.5 Å². The highest BCUT2D eigenvalue weighted by molar-refractivity contribution is 5.91. The molecule has 33 heavy (non-hydrogen) atoms. The molecule has 0 heterocycles. The SMILES string of the molecule is CCCCCC1CCC(C(=O)Oc2ccc(C(=O)Oc3cc(F)c(F)c(F)c3)c(F)c2)CC1. The summed E-state index contributed by atoms with van der Waals surface area (Å²) in [5.74, 6) is -7.80.